The first-order chi connectivity index (χ1) is 10.8. The second-order valence-corrected chi connectivity index (χ2v) is 6.91. The minimum Gasteiger partial charge on any atom is -0.444 e. The van der Waals surface area contributed by atoms with Gasteiger partial charge in [0.1, 0.15) is 11.4 Å². The molecule has 1 aromatic carbocycles. The van der Waals surface area contributed by atoms with Gasteiger partial charge in [-0.2, -0.15) is 0 Å². The molecular weight excluding hydrogens is 297 g/mol. The summed E-state index contributed by atoms with van der Waals surface area (Å²) in [6, 6.07) is 4.45. The van der Waals surface area contributed by atoms with Crippen LogP contribution in [0.15, 0.2) is 18.2 Å². The second kappa shape index (κ2) is 7.64. The molecule has 1 aromatic rings. The van der Waals surface area contributed by atoms with Gasteiger partial charge in [0.15, 0.2) is 0 Å². The number of anilines is 2. The molecule has 23 heavy (non-hydrogen) atoms. The summed E-state index contributed by atoms with van der Waals surface area (Å²) < 4.78 is 19.1. The molecule has 1 amide bonds. The summed E-state index contributed by atoms with van der Waals surface area (Å²) in [5.41, 5.74) is 0.327. The Balaban J connectivity index is 1.93. The quantitative estimate of drug-likeness (QED) is 0.792. The Hall–Kier alpha value is -1.82. The monoisotopic (exact) mass is 323 g/mol. The standard InChI is InChI=1S/C17H26FN3O2/c1-17(2,3)23-16(22)21-13-6-7-14(18)15(9-13)20-11-12-5-4-8-19-10-12/h6-7,9,12,19-20H,4-5,8,10-11H2,1-3H3,(H,21,22). The van der Waals surface area contributed by atoms with E-state index >= 15 is 0 Å². The van der Waals surface area contributed by atoms with Gasteiger partial charge in [-0.1, -0.05) is 0 Å². The van der Waals surface area contributed by atoms with Gasteiger partial charge in [-0.3, -0.25) is 5.32 Å². The van der Waals surface area contributed by atoms with Gasteiger partial charge in [-0.15, -0.1) is 0 Å². The lowest BCUT2D eigenvalue weighted by molar-refractivity contribution is 0.0636. The Morgan fingerprint density at radius 2 is 2.22 bits per heavy atom. The van der Waals surface area contributed by atoms with Crippen molar-refractivity contribution in [1.29, 1.82) is 0 Å². The Kier molecular flexibility index (Phi) is 5.82. The number of hydrogen-bond acceptors (Lipinski definition) is 4. The molecule has 0 bridgehead atoms. The maximum Gasteiger partial charge on any atom is 0.412 e. The summed E-state index contributed by atoms with van der Waals surface area (Å²) in [7, 11) is 0. The number of carbonyl (C=O) groups is 1. The minimum absolute atomic E-state index is 0.330. The number of halogens is 1. The minimum atomic E-state index is -0.570. The lowest BCUT2D eigenvalue weighted by Crippen LogP contribution is -2.33. The topological polar surface area (TPSA) is 62.4 Å². The predicted octanol–water partition coefficient (Wildman–Crippen LogP) is 3.58. The first kappa shape index (κ1) is 17.5. The molecule has 6 heteroatoms. The third kappa shape index (κ3) is 6.06. The number of nitrogens with one attached hydrogen (secondary N) is 3. The number of benzene rings is 1. The largest absolute Gasteiger partial charge is 0.444 e. The molecular formula is C17H26FN3O2. The molecule has 1 atom stereocenters. The molecule has 1 fully saturated rings. The summed E-state index contributed by atoms with van der Waals surface area (Å²) in [5, 5.41) is 9.10. The fourth-order valence-electron chi connectivity index (χ4n) is 2.51. The molecule has 0 radical (unpaired) electrons. The predicted molar refractivity (Wildman–Crippen MR) is 90.3 cm³/mol. The van der Waals surface area contributed by atoms with Gasteiger partial charge in [0, 0.05) is 12.2 Å². The molecule has 2 rings (SSSR count). The second-order valence-electron chi connectivity index (χ2n) is 6.91. The van der Waals surface area contributed by atoms with E-state index < -0.39 is 11.7 Å². The van der Waals surface area contributed by atoms with E-state index in [2.05, 4.69) is 16.0 Å². The Morgan fingerprint density at radius 3 is 2.87 bits per heavy atom. The molecule has 0 aromatic heterocycles. The maximum absolute atomic E-state index is 13.9. The van der Waals surface area contributed by atoms with Crippen LogP contribution in [0.2, 0.25) is 0 Å². The van der Waals surface area contributed by atoms with E-state index in [0.29, 0.717) is 23.8 Å². The summed E-state index contributed by atoms with van der Waals surface area (Å²) in [4.78, 5) is 11.8. The van der Waals surface area contributed by atoms with Gasteiger partial charge >= 0.3 is 6.09 Å². The maximum atomic E-state index is 13.9. The summed E-state index contributed by atoms with van der Waals surface area (Å²) in [6.45, 7) is 8.09. The van der Waals surface area contributed by atoms with Crippen LogP contribution in [0.4, 0.5) is 20.6 Å². The molecule has 128 valence electrons. The highest BCUT2D eigenvalue weighted by Crippen LogP contribution is 2.21. The average molecular weight is 323 g/mol. The van der Waals surface area contributed by atoms with Crippen molar-refractivity contribution in [3.63, 3.8) is 0 Å². The molecule has 1 unspecified atom stereocenters. The molecule has 0 aliphatic carbocycles. The zero-order valence-corrected chi connectivity index (χ0v) is 14.0. The van der Waals surface area contributed by atoms with E-state index in [-0.39, 0.29) is 5.82 Å². The SMILES string of the molecule is CC(C)(C)OC(=O)Nc1ccc(F)c(NCC2CCCNC2)c1. The van der Waals surface area contributed by atoms with E-state index in [1.54, 1.807) is 26.8 Å². The van der Waals surface area contributed by atoms with Crippen molar-refractivity contribution in [2.45, 2.75) is 39.2 Å². The van der Waals surface area contributed by atoms with Crippen molar-refractivity contribution in [2.24, 2.45) is 5.92 Å². The normalized spacial score (nSPS) is 18.3. The average Bonchev–Trinajstić information content (AvgIpc) is 2.47. The lowest BCUT2D eigenvalue weighted by atomic mass is 10.00. The van der Waals surface area contributed by atoms with Crippen LogP contribution in [0, 0.1) is 11.7 Å². The van der Waals surface area contributed by atoms with Gasteiger partial charge in [0.05, 0.1) is 5.69 Å². The van der Waals surface area contributed by atoms with E-state index in [1.165, 1.54) is 12.1 Å². The van der Waals surface area contributed by atoms with Crippen molar-refractivity contribution in [3.8, 4) is 0 Å². The van der Waals surface area contributed by atoms with Gasteiger partial charge in [0.2, 0.25) is 0 Å². The molecule has 3 N–H and O–H groups in total. The Bertz CT molecular complexity index is 537. The number of amides is 1. The van der Waals surface area contributed by atoms with Crippen LogP contribution in [0.5, 0.6) is 0 Å². The Labute approximate surface area is 137 Å². The van der Waals surface area contributed by atoms with Crippen LogP contribution < -0.4 is 16.0 Å². The number of rotatable bonds is 4. The summed E-state index contributed by atoms with van der Waals surface area (Å²) in [5.74, 6) is 0.161. The van der Waals surface area contributed by atoms with Gasteiger partial charge in [-0.25, -0.2) is 9.18 Å². The Morgan fingerprint density at radius 1 is 1.43 bits per heavy atom. The fourth-order valence-corrected chi connectivity index (χ4v) is 2.51. The van der Waals surface area contributed by atoms with Crippen molar-refractivity contribution in [1.82, 2.24) is 5.32 Å². The molecule has 0 saturated carbocycles. The van der Waals surface area contributed by atoms with Crippen molar-refractivity contribution >= 4 is 17.5 Å². The van der Waals surface area contributed by atoms with Crippen molar-refractivity contribution in [2.75, 3.05) is 30.3 Å². The number of piperidine rings is 1. The van der Waals surface area contributed by atoms with Gasteiger partial charge < -0.3 is 15.4 Å². The molecule has 5 nitrogen and oxygen atoms in total. The van der Waals surface area contributed by atoms with Gasteiger partial charge in [-0.05, 0) is 70.8 Å². The van der Waals surface area contributed by atoms with Crippen LogP contribution in [-0.4, -0.2) is 31.3 Å². The zero-order chi connectivity index (χ0) is 16.9. The van der Waals surface area contributed by atoms with Gasteiger partial charge in [0.25, 0.3) is 0 Å². The van der Waals surface area contributed by atoms with Crippen LogP contribution in [-0.2, 0) is 4.74 Å². The zero-order valence-electron chi connectivity index (χ0n) is 14.0. The molecule has 1 aliphatic rings. The van der Waals surface area contributed by atoms with Crippen molar-refractivity contribution in [3.05, 3.63) is 24.0 Å². The molecule has 1 saturated heterocycles. The van der Waals surface area contributed by atoms with E-state index in [1.807, 2.05) is 0 Å². The number of hydrogen-bond donors (Lipinski definition) is 3. The summed E-state index contributed by atoms with van der Waals surface area (Å²) >= 11 is 0. The first-order valence-electron chi connectivity index (χ1n) is 8.07. The van der Waals surface area contributed by atoms with Crippen LogP contribution in [0.3, 0.4) is 0 Å². The number of ether oxygens (including phenoxy) is 1. The highest BCUT2D eigenvalue weighted by molar-refractivity contribution is 5.85. The van der Waals surface area contributed by atoms with Crippen molar-refractivity contribution < 1.29 is 13.9 Å². The molecule has 0 spiro atoms. The lowest BCUT2D eigenvalue weighted by Gasteiger charge is -2.23. The third-order valence-corrected chi connectivity index (χ3v) is 3.59. The van der Waals surface area contributed by atoms with Crippen LogP contribution in [0.1, 0.15) is 33.6 Å². The van der Waals surface area contributed by atoms with Crippen LogP contribution in [0.25, 0.3) is 0 Å². The fraction of sp³-hybridized carbons (Fsp3) is 0.588. The number of carbonyl (C=O) groups excluding carboxylic acids is 1. The molecule has 1 heterocycles. The van der Waals surface area contributed by atoms with E-state index in [9.17, 15) is 9.18 Å². The smallest absolute Gasteiger partial charge is 0.412 e. The third-order valence-electron chi connectivity index (χ3n) is 3.59. The van der Waals surface area contributed by atoms with Crippen LogP contribution >= 0.6 is 0 Å². The molecule has 1 aliphatic heterocycles. The van der Waals surface area contributed by atoms with E-state index in [0.717, 1.165) is 25.9 Å². The highest BCUT2D eigenvalue weighted by atomic mass is 19.1. The highest BCUT2D eigenvalue weighted by Gasteiger charge is 2.17. The first-order valence-corrected chi connectivity index (χ1v) is 8.07. The van der Waals surface area contributed by atoms with E-state index in [4.69, 9.17) is 4.74 Å². The summed E-state index contributed by atoms with van der Waals surface area (Å²) in [6.07, 6.45) is 1.73.